The Morgan fingerprint density at radius 1 is 1.02 bits per heavy atom. The van der Waals surface area contributed by atoms with Crippen molar-refractivity contribution in [3.63, 3.8) is 0 Å². The van der Waals surface area contributed by atoms with Gasteiger partial charge < -0.3 is 29.6 Å². The molecule has 1 aliphatic heterocycles. The second kappa shape index (κ2) is 15.6. The van der Waals surface area contributed by atoms with E-state index in [1.807, 2.05) is 12.1 Å². The highest BCUT2D eigenvalue weighted by Crippen LogP contribution is 2.34. The van der Waals surface area contributed by atoms with Crippen molar-refractivity contribution in [3.05, 3.63) is 97.1 Å². The Morgan fingerprint density at radius 2 is 1.80 bits per heavy atom. The molecule has 1 heterocycles. The topological polar surface area (TPSA) is 137 Å². The maximum absolute atomic E-state index is 12.6. The first-order valence-corrected chi connectivity index (χ1v) is 15.1. The van der Waals surface area contributed by atoms with Crippen LogP contribution in [-0.4, -0.2) is 44.4 Å². The second-order valence-electron chi connectivity index (χ2n) is 9.50. The van der Waals surface area contributed by atoms with Gasteiger partial charge in [-0.3, -0.25) is 4.79 Å². The molecular formula is C31H29BrCl2N4O7. The number of carbonyl (C=O) groups excluding carboxylic acids is 3. The fourth-order valence-electron chi connectivity index (χ4n) is 4.30. The number of hydrazone groups is 1. The number of hydrogen-bond donors (Lipinski definition) is 3. The Kier molecular flexibility index (Phi) is 11.7. The predicted molar refractivity (Wildman–Crippen MR) is 173 cm³/mol. The summed E-state index contributed by atoms with van der Waals surface area (Å²) in [6, 6.07) is 14.2. The van der Waals surface area contributed by atoms with Crippen molar-refractivity contribution in [1.29, 1.82) is 0 Å². The minimum absolute atomic E-state index is 0.177. The van der Waals surface area contributed by atoms with Crippen molar-refractivity contribution in [3.8, 4) is 17.2 Å². The third-order valence-electron chi connectivity index (χ3n) is 6.39. The smallest absolute Gasteiger partial charge is 0.338 e. The quantitative estimate of drug-likeness (QED) is 0.118. The number of nitrogens with zero attached hydrogens (tertiary/aromatic N) is 1. The van der Waals surface area contributed by atoms with Crippen LogP contribution in [0.5, 0.6) is 17.2 Å². The monoisotopic (exact) mass is 718 g/mol. The number of nitrogens with one attached hydrogen (secondary N) is 3. The summed E-state index contributed by atoms with van der Waals surface area (Å²) in [5.74, 6) is 0.000228. The van der Waals surface area contributed by atoms with Gasteiger partial charge in [-0.25, -0.2) is 15.0 Å². The van der Waals surface area contributed by atoms with Crippen molar-refractivity contribution >= 4 is 63.3 Å². The fraction of sp³-hybridized carbons (Fsp3) is 0.226. The molecule has 0 aliphatic carbocycles. The summed E-state index contributed by atoms with van der Waals surface area (Å²) < 4.78 is 23.0. The molecule has 0 saturated heterocycles. The molecule has 0 unspecified atom stereocenters. The number of ether oxygens (including phenoxy) is 4. The molecule has 45 heavy (non-hydrogen) atoms. The van der Waals surface area contributed by atoms with Crippen molar-refractivity contribution < 1.29 is 33.3 Å². The lowest BCUT2D eigenvalue weighted by Crippen LogP contribution is -2.45. The first-order valence-electron chi connectivity index (χ1n) is 13.5. The van der Waals surface area contributed by atoms with Gasteiger partial charge in [-0.1, -0.05) is 51.3 Å². The number of halogens is 3. The molecule has 14 heteroatoms. The van der Waals surface area contributed by atoms with Gasteiger partial charge in [0.25, 0.3) is 5.91 Å². The Morgan fingerprint density at radius 3 is 2.53 bits per heavy atom. The highest BCUT2D eigenvalue weighted by Gasteiger charge is 2.32. The summed E-state index contributed by atoms with van der Waals surface area (Å²) in [7, 11) is 1.43. The molecule has 0 radical (unpaired) electrons. The molecule has 0 bridgehead atoms. The van der Waals surface area contributed by atoms with Crippen LogP contribution in [0.2, 0.25) is 10.0 Å². The van der Waals surface area contributed by atoms with Gasteiger partial charge in [0, 0.05) is 15.7 Å². The van der Waals surface area contributed by atoms with Gasteiger partial charge in [0.2, 0.25) is 0 Å². The van der Waals surface area contributed by atoms with Crippen LogP contribution in [0.15, 0.2) is 75.4 Å². The Balaban J connectivity index is 1.39. The number of hydrogen-bond acceptors (Lipinski definition) is 8. The van der Waals surface area contributed by atoms with Gasteiger partial charge in [0.05, 0.1) is 41.6 Å². The van der Waals surface area contributed by atoms with E-state index in [9.17, 15) is 14.4 Å². The van der Waals surface area contributed by atoms with Crippen molar-refractivity contribution in [1.82, 2.24) is 16.1 Å². The molecule has 0 aromatic heterocycles. The van der Waals surface area contributed by atoms with Crippen LogP contribution in [0, 0.1) is 0 Å². The second-order valence-corrected chi connectivity index (χ2v) is 11.2. The van der Waals surface area contributed by atoms with Crippen LogP contribution in [0.1, 0.15) is 36.6 Å². The molecule has 11 nitrogen and oxygen atoms in total. The number of methoxy groups -OCH3 is 1. The number of allylic oxidation sites excluding steroid dienone is 1. The maximum Gasteiger partial charge on any atom is 0.338 e. The third kappa shape index (κ3) is 8.90. The van der Waals surface area contributed by atoms with E-state index in [0.717, 1.165) is 10.0 Å². The zero-order chi connectivity index (χ0) is 32.5. The molecule has 3 aromatic carbocycles. The number of carbonyl (C=O) groups is 3. The number of amides is 3. The number of benzene rings is 3. The van der Waals surface area contributed by atoms with Crippen LogP contribution < -0.4 is 30.3 Å². The Hall–Kier alpha value is -4.26. The first kappa shape index (κ1) is 33.6. The normalized spacial score (nSPS) is 14.4. The molecule has 3 N–H and O–H groups in total. The highest BCUT2D eigenvalue weighted by atomic mass is 79.9. The zero-order valence-corrected chi connectivity index (χ0v) is 27.5. The van der Waals surface area contributed by atoms with Crippen molar-refractivity contribution in [2.45, 2.75) is 26.5 Å². The van der Waals surface area contributed by atoms with E-state index in [1.165, 1.54) is 13.3 Å². The van der Waals surface area contributed by atoms with E-state index in [-0.39, 0.29) is 36.9 Å². The summed E-state index contributed by atoms with van der Waals surface area (Å²) in [5, 5.41) is 10.2. The van der Waals surface area contributed by atoms with Gasteiger partial charge in [-0.15, -0.1) is 0 Å². The van der Waals surface area contributed by atoms with E-state index in [2.05, 4.69) is 37.1 Å². The lowest BCUT2D eigenvalue weighted by Gasteiger charge is -2.28. The zero-order valence-electron chi connectivity index (χ0n) is 24.4. The standard InChI is InChI=1S/C31H29BrCl2N4O7/c1-4-43-30(40)28-17(2)36-31(41)37-29(28)19-6-9-25(26(13-19)42-3)45-16-27(39)38-35-14-20-12-21(32)7-10-24(20)44-15-18-5-8-22(33)23(34)11-18/h5-14,29H,4,15-16H2,1-3H3,(H,38,39)(H2,36,37,41)/b35-14-/t29-/m0/s1. The van der Waals surface area contributed by atoms with E-state index in [4.69, 9.17) is 42.1 Å². The summed E-state index contributed by atoms with van der Waals surface area (Å²) in [5.41, 5.74) is 5.06. The van der Waals surface area contributed by atoms with Gasteiger partial charge in [0.15, 0.2) is 18.1 Å². The largest absolute Gasteiger partial charge is 0.493 e. The lowest BCUT2D eigenvalue weighted by atomic mass is 9.95. The number of rotatable bonds is 12. The number of esters is 1. The van der Waals surface area contributed by atoms with Crippen LogP contribution in [0.3, 0.4) is 0 Å². The van der Waals surface area contributed by atoms with Crippen LogP contribution >= 0.6 is 39.1 Å². The van der Waals surface area contributed by atoms with E-state index < -0.39 is 23.9 Å². The SMILES string of the molecule is CCOC(=O)C1=C(C)NC(=O)N[C@H]1c1ccc(OCC(=O)N/N=C\c2cc(Br)ccc2OCc2ccc(Cl)c(Cl)c2)c(OC)c1. The molecule has 0 saturated carbocycles. The van der Waals surface area contributed by atoms with E-state index in [1.54, 1.807) is 56.3 Å². The highest BCUT2D eigenvalue weighted by molar-refractivity contribution is 9.10. The van der Waals surface area contributed by atoms with Crippen molar-refractivity contribution in [2.75, 3.05) is 20.3 Å². The molecular weight excluding hydrogens is 691 g/mol. The van der Waals surface area contributed by atoms with Crippen LogP contribution in [-0.2, 0) is 20.9 Å². The summed E-state index contributed by atoms with van der Waals surface area (Å²) >= 11 is 15.5. The fourth-order valence-corrected chi connectivity index (χ4v) is 5.00. The molecule has 1 atom stereocenters. The predicted octanol–water partition coefficient (Wildman–Crippen LogP) is 6.06. The van der Waals surface area contributed by atoms with Gasteiger partial charge in [0.1, 0.15) is 12.4 Å². The Bertz CT molecular complexity index is 1660. The average molecular weight is 720 g/mol. The van der Waals surface area contributed by atoms with Crippen molar-refractivity contribution in [2.24, 2.45) is 5.10 Å². The summed E-state index contributed by atoms with van der Waals surface area (Å²) in [6.07, 6.45) is 1.45. The third-order valence-corrected chi connectivity index (χ3v) is 7.62. The van der Waals surface area contributed by atoms with E-state index in [0.29, 0.717) is 32.6 Å². The molecule has 236 valence electrons. The average Bonchev–Trinajstić information content (AvgIpc) is 3.00. The van der Waals surface area contributed by atoms with Gasteiger partial charge in [-0.2, -0.15) is 5.10 Å². The summed E-state index contributed by atoms with van der Waals surface area (Å²) in [6.45, 7) is 3.36. The molecule has 3 aromatic rings. The minimum Gasteiger partial charge on any atom is -0.493 e. The van der Waals surface area contributed by atoms with E-state index >= 15 is 0 Å². The van der Waals surface area contributed by atoms with Crippen LogP contribution in [0.4, 0.5) is 4.79 Å². The molecule has 0 fully saturated rings. The minimum atomic E-state index is -0.783. The van der Waals surface area contributed by atoms with Crippen LogP contribution in [0.25, 0.3) is 0 Å². The van der Waals surface area contributed by atoms with Gasteiger partial charge >= 0.3 is 12.0 Å². The number of urea groups is 1. The maximum atomic E-state index is 12.6. The molecule has 0 spiro atoms. The first-order chi connectivity index (χ1) is 21.6. The summed E-state index contributed by atoms with van der Waals surface area (Å²) in [4.78, 5) is 37.3. The van der Waals surface area contributed by atoms with Gasteiger partial charge in [-0.05, 0) is 67.4 Å². The Labute approximate surface area is 278 Å². The molecule has 4 rings (SSSR count). The molecule has 3 amide bonds. The lowest BCUT2D eigenvalue weighted by molar-refractivity contribution is -0.139. The molecule has 1 aliphatic rings.